The molecule has 0 spiro atoms. The fourth-order valence-electron chi connectivity index (χ4n) is 7.91. The van der Waals surface area contributed by atoms with Crippen molar-refractivity contribution in [1.82, 2.24) is 20.6 Å². The average Bonchev–Trinajstić information content (AvgIpc) is 4.05. The number of halogens is 1. The molecule has 0 radical (unpaired) electrons. The van der Waals surface area contributed by atoms with Gasteiger partial charge in [-0.15, -0.1) is 35.1 Å². The van der Waals surface area contributed by atoms with E-state index < -0.39 is 42.2 Å². The number of ether oxygens (including phenoxy) is 4. The number of hydrogen-bond donors (Lipinski definition) is 4. The van der Waals surface area contributed by atoms with Crippen molar-refractivity contribution < 1.29 is 52.8 Å². The molecule has 2 saturated carbocycles. The maximum Gasteiger partial charge on any atom is 0.408 e. The highest BCUT2D eigenvalue weighted by Crippen LogP contribution is 2.29. The van der Waals surface area contributed by atoms with E-state index in [2.05, 4.69) is 20.6 Å². The van der Waals surface area contributed by atoms with E-state index in [9.17, 15) is 28.8 Å². The molecule has 16 nitrogen and oxygen atoms in total. The van der Waals surface area contributed by atoms with Crippen LogP contribution >= 0.6 is 35.1 Å². The summed E-state index contributed by atoms with van der Waals surface area (Å²) >= 11 is 2.67. The van der Waals surface area contributed by atoms with Crippen molar-refractivity contribution in [3.05, 3.63) is 129 Å². The van der Waals surface area contributed by atoms with Crippen LogP contribution in [0.25, 0.3) is 20.4 Å². The van der Waals surface area contributed by atoms with Gasteiger partial charge >= 0.3 is 30.1 Å². The topological polar surface area (TPSA) is 235 Å². The zero-order chi connectivity index (χ0) is 50.5. The normalized spacial score (nSPS) is 14.4. The second kappa shape index (κ2) is 29.1. The van der Waals surface area contributed by atoms with Crippen molar-refractivity contribution in [2.75, 3.05) is 6.54 Å². The quantitative estimate of drug-likeness (QED) is 0.0401. The molecule has 8 rings (SSSR count). The number of carboxylic acids is 1. The molecule has 5 N–H and O–H groups in total. The highest BCUT2D eigenvalue weighted by atomic mass is 35.5. The van der Waals surface area contributed by atoms with E-state index >= 15 is 0 Å². The molecule has 2 atom stereocenters. The van der Waals surface area contributed by atoms with E-state index in [0.29, 0.717) is 9.75 Å². The number of alkyl carbamates (subject to hydrolysis) is 2. The summed E-state index contributed by atoms with van der Waals surface area (Å²) in [5.74, 6) is -1.99. The van der Waals surface area contributed by atoms with Gasteiger partial charge in [0.25, 0.3) is 0 Å². The third-order valence-corrected chi connectivity index (χ3v) is 14.4. The summed E-state index contributed by atoms with van der Waals surface area (Å²) in [6, 6.07) is 24.0. The van der Waals surface area contributed by atoms with Crippen molar-refractivity contribution in [2.45, 2.75) is 128 Å². The predicted octanol–water partition coefficient (Wildman–Crippen LogP) is 10.6. The Morgan fingerprint density at radius 1 is 0.639 bits per heavy atom. The number of fused-ring (bicyclic) bond motifs is 2. The number of ketones is 1. The number of esters is 2. The lowest BCUT2D eigenvalue weighted by Gasteiger charge is -2.25. The number of aryl methyl sites for hydroxylation is 2. The number of amides is 2. The van der Waals surface area contributed by atoms with Crippen molar-refractivity contribution in [3.63, 3.8) is 0 Å². The van der Waals surface area contributed by atoms with Gasteiger partial charge in [0.05, 0.1) is 25.3 Å². The van der Waals surface area contributed by atoms with Crippen LogP contribution in [0.5, 0.6) is 0 Å². The monoisotopic (exact) mass is 1040 g/mol. The number of nitrogens with zero attached hydrogens (tertiary/aromatic N) is 2. The predicted molar refractivity (Wildman–Crippen MR) is 279 cm³/mol. The smallest absolute Gasteiger partial charge is 0.408 e. The fourth-order valence-corrected chi connectivity index (χ4v) is 9.88. The van der Waals surface area contributed by atoms with Gasteiger partial charge in [-0.2, -0.15) is 0 Å². The van der Waals surface area contributed by atoms with Crippen LogP contribution in [0, 0.1) is 13.8 Å². The number of thiophene rings is 2. The molecule has 4 aromatic heterocycles. The van der Waals surface area contributed by atoms with Crippen LogP contribution in [-0.4, -0.2) is 81.8 Å². The maximum absolute atomic E-state index is 12.9. The van der Waals surface area contributed by atoms with E-state index in [-0.39, 0.29) is 63.0 Å². The van der Waals surface area contributed by atoms with E-state index in [1.165, 1.54) is 29.1 Å². The Hall–Kier alpha value is -6.47. The first-order chi connectivity index (χ1) is 34.4. The van der Waals surface area contributed by atoms with Gasteiger partial charge in [-0.25, -0.2) is 24.0 Å². The van der Waals surface area contributed by atoms with Gasteiger partial charge in [0.2, 0.25) is 0 Å². The zero-order valence-electron chi connectivity index (χ0n) is 40.4. The van der Waals surface area contributed by atoms with Crippen LogP contribution < -0.4 is 16.4 Å². The fraction of sp³-hybridized carbons (Fsp3) is 0.396. The first-order valence-electron chi connectivity index (χ1n) is 23.9. The molecule has 384 valence electrons. The highest BCUT2D eigenvalue weighted by Gasteiger charge is 2.29. The van der Waals surface area contributed by atoms with Gasteiger partial charge in [-0.05, 0) is 118 Å². The molecule has 19 heteroatoms. The van der Waals surface area contributed by atoms with Gasteiger partial charge in [0, 0.05) is 25.4 Å². The molecule has 0 unspecified atom stereocenters. The number of nitrogens with one attached hydrogen (secondary N) is 2. The van der Waals surface area contributed by atoms with Crippen LogP contribution in [0.15, 0.2) is 97.3 Å². The molecule has 0 aliphatic heterocycles. The third-order valence-electron chi connectivity index (χ3n) is 11.8. The van der Waals surface area contributed by atoms with Crippen LogP contribution in [0.1, 0.15) is 119 Å². The van der Waals surface area contributed by atoms with Crippen LogP contribution in [0.2, 0.25) is 0 Å². The molecular weight excluding hydrogens is 982 g/mol. The Kier molecular flexibility index (Phi) is 22.8. The van der Waals surface area contributed by atoms with Gasteiger partial charge in [0.1, 0.15) is 42.4 Å². The Morgan fingerprint density at radius 3 is 1.51 bits per heavy atom. The maximum atomic E-state index is 12.9. The molecule has 2 amide bonds. The number of aromatic nitrogens is 2. The number of aromatic carboxylic acids is 1. The minimum Gasteiger partial charge on any atom is -0.477 e. The number of carbonyl (C=O) groups excluding carboxylic acids is 5. The first kappa shape index (κ1) is 56.4. The summed E-state index contributed by atoms with van der Waals surface area (Å²) in [5.41, 5.74) is 11.0. The van der Waals surface area contributed by atoms with Gasteiger partial charge < -0.3 is 40.4 Å². The van der Waals surface area contributed by atoms with Crippen LogP contribution in [0.4, 0.5) is 9.59 Å². The van der Waals surface area contributed by atoms with Gasteiger partial charge in [0.15, 0.2) is 5.78 Å². The van der Waals surface area contributed by atoms with Gasteiger partial charge in [-0.1, -0.05) is 73.5 Å². The first-order valence-corrected chi connectivity index (χ1v) is 25.5. The number of Topliss-reactive ketones (excluding diaryl/α,β-unsaturated/α-hetero) is 1. The zero-order valence-corrected chi connectivity index (χ0v) is 42.8. The van der Waals surface area contributed by atoms with Crippen LogP contribution in [-0.2, 0) is 41.8 Å². The molecule has 6 aromatic rings. The molecule has 0 saturated heterocycles. The minimum absolute atomic E-state index is 0. The lowest BCUT2D eigenvalue weighted by molar-refractivity contribution is -0.153. The number of rotatable bonds is 16. The van der Waals surface area contributed by atoms with Gasteiger partial charge in [-0.3, -0.25) is 14.8 Å². The second-order valence-electron chi connectivity index (χ2n) is 17.3. The summed E-state index contributed by atoms with van der Waals surface area (Å²) in [6.45, 7) is 4.14. The Labute approximate surface area is 432 Å². The van der Waals surface area contributed by atoms with Crippen molar-refractivity contribution in [2.24, 2.45) is 5.73 Å². The number of carboxylic acid groups (broad SMARTS) is 1. The molecule has 72 heavy (non-hydrogen) atoms. The van der Waals surface area contributed by atoms with E-state index in [1.807, 2.05) is 86.6 Å². The molecular formula is C53H62ClN5O11S2. The second-order valence-corrected chi connectivity index (χ2v) is 19.4. The third kappa shape index (κ3) is 17.7. The minimum atomic E-state index is -0.960. The lowest BCUT2D eigenvalue weighted by Crippen LogP contribution is -2.47. The number of benzene rings is 2. The highest BCUT2D eigenvalue weighted by molar-refractivity contribution is 7.21. The SMILES string of the molecule is Cc1ccnc2cc(C(=O)CC[C@@H](NC(=O)OCc3ccccc3)C(=O)OC3CCCCC3)sc12.Cc1ccnc2cc(C(=O)O)sc12.Cl.NC[C@@H](NC(=O)OCc1ccccc1)C(=O)OC1CCCCC1. The summed E-state index contributed by atoms with van der Waals surface area (Å²) in [6.07, 6.45) is 11.9. The number of pyridine rings is 2. The van der Waals surface area contributed by atoms with Crippen LogP contribution in [0.3, 0.4) is 0 Å². The van der Waals surface area contributed by atoms with Crippen molar-refractivity contribution >= 4 is 91.4 Å². The standard InChI is InChI=1S/C27H30N2O5S.C17H24N2O4.C9H7NO2S.ClH/c1-18-14-15-28-22-16-24(35-25(18)22)23(30)13-12-21(26(31)34-20-10-6-3-7-11-20)29-27(32)33-17-19-8-4-2-5-9-19;18-11-15(16(20)23-14-9-5-2-6-10-14)19-17(21)22-12-13-7-3-1-4-8-13;1-5-2-3-10-6-4-7(9(11)12)13-8(5)6;/h2,4-5,8-9,14-16,20-21H,3,6-7,10-13,17H2,1H3,(H,29,32);1,3-4,7-8,14-15H,2,5-6,9-12,18H2,(H,19,21);2-4H,1H3,(H,11,12);1H/t21-;15-;;/m11../s1. The molecule has 2 aliphatic rings. The number of hydrogen-bond acceptors (Lipinski definition) is 15. The lowest BCUT2D eigenvalue weighted by atomic mass is 9.97. The molecule has 4 heterocycles. The Bertz CT molecular complexity index is 2710. The molecule has 0 bridgehead atoms. The molecule has 2 fully saturated rings. The van der Waals surface area contributed by atoms with Crippen molar-refractivity contribution in [1.29, 1.82) is 0 Å². The van der Waals surface area contributed by atoms with Crippen molar-refractivity contribution in [3.8, 4) is 0 Å². The number of nitrogens with two attached hydrogens (primary N) is 1. The van der Waals surface area contributed by atoms with E-state index in [4.69, 9.17) is 29.8 Å². The summed E-state index contributed by atoms with van der Waals surface area (Å²) in [7, 11) is 0. The molecule has 2 aromatic carbocycles. The Balaban J connectivity index is 0.000000222. The Morgan fingerprint density at radius 2 is 1.07 bits per heavy atom. The van der Waals surface area contributed by atoms with E-state index in [1.54, 1.807) is 24.5 Å². The van der Waals surface area contributed by atoms with E-state index in [0.717, 1.165) is 100 Å². The largest absolute Gasteiger partial charge is 0.477 e. The molecule has 2 aliphatic carbocycles. The summed E-state index contributed by atoms with van der Waals surface area (Å²) in [5, 5.41) is 13.8. The average molecular weight is 1040 g/mol. The summed E-state index contributed by atoms with van der Waals surface area (Å²) in [4.78, 5) is 82.2. The number of carbonyl (C=O) groups is 6. The summed E-state index contributed by atoms with van der Waals surface area (Å²) < 4.78 is 23.4.